The monoisotopic (exact) mass is 295 g/mol. The van der Waals surface area contributed by atoms with Crippen LogP contribution in [0.3, 0.4) is 0 Å². The summed E-state index contributed by atoms with van der Waals surface area (Å²) in [4.78, 5) is 0. The van der Waals surface area contributed by atoms with Gasteiger partial charge in [0.25, 0.3) is 0 Å². The molecule has 0 aromatic carbocycles. The van der Waals surface area contributed by atoms with Gasteiger partial charge in [-0.25, -0.2) is 0 Å². The van der Waals surface area contributed by atoms with E-state index in [0.717, 1.165) is 42.0 Å². The summed E-state index contributed by atoms with van der Waals surface area (Å²) in [5.41, 5.74) is 0. The van der Waals surface area contributed by atoms with E-state index < -0.39 is 0 Å². The maximum Gasteiger partial charge on any atom is 0.191 e. The van der Waals surface area contributed by atoms with Gasteiger partial charge in [-0.2, -0.15) is 0 Å². The average Bonchev–Trinajstić information content (AvgIpc) is 3.02. The van der Waals surface area contributed by atoms with Gasteiger partial charge in [0.1, 0.15) is 5.82 Å². The highest BCUT2D eigenvalue weighted by atomic mass is 32.2. The van der Waals surface area contributed by atoms with Crippen molar-refractivity contribution in [3.8, 4) is 0 Å². The second-order valence-electron chi connectivity index (χ2n) is 6.21. The van der Waals surface area contributed by atoms with E-state index in [1.165, 1.54) is 44.9 Å². The van der Waals surface area contributed by atoms with Crippen molar-refractivity contribution in [1.29, 1.82) is 0 Å². The van der Waals surface area contributed by atoms with Gasteiger partial charge in [0.05, 0.1) is 6.10 Å². The Labute approximate surface area is 125 Å². The first-order valence-corrected chi connectivity index (χ1v) is 9.04. The smallest absolute Gasteiger partial charge is 0.191 e. The highest BCUT2D eigenvalue weighted by Gasteiger charge is 2.20. The number of hydrogen-bond donors (Lipinski definition) is 1. The van der Waals surface area contributed by atoms with Crippen molar-refractivity contribution < 1.29 is 5.11 Å². The van der Waals surface area contributed by atoms with Gasteiger partial charge >= 0.3 is 0 Å². The Morgan fingerprint density at radius 3 is 2.85 bits per heavy atom. The number of aliphatic hydroxyl groups is 1. The minimum absolute atomic E-state index is 0.193. The zero-order valence-corrected chi connectivity index (χ0v) is 12.9. The Morgan fingerprint density at radius 1 is 1.15 bits per heavy atom. The summed E-state index contributed by atoms with van der Waals surface area (Å²) < 4.78 is 2.26. The number of thioether (sulfide) groups is 1. The van der Waals surface area contributed by atoms with Crippen molar-refractivity contribution in [2.75, 3.05) is 5.75 Å². The number of rotatable bonds is 5. The maximum absolute atomic E-state index is 10.2. The van der Waals surface area contributed by atoms with Crippen LogP contribution in [0.4, 0.5) is 0 Å². The molecule has 2 heterocycles. The molecule has 0 saturated heterocycles. The molecule has 112 valence electrons. The summed E-state index contributed by atoms with van der Waals surface area (Å²) in [5.74, 6) is 2.64. The van der Waals surface area contributed by atoms with Gasteiger partial charge in [0.15, 0.2) is 5.16 Å². The van der Waals surface area contributed by atoms with E-state index in [2.05, 4.69) is 14.8 Å². The molecule has 0 bridgehead atoms. The van der Waals surface area contributed by atoms with E-state index in [1.807, 2.05) is 0 Å². The topological polar surface area (TPSA) is 50.9 Å². The van der Waals surface area contributed by atoms with Crippen LogP contribution in [0.2, 0.25) is 0 Å². The van der Waals surface area contributed by atoms with Crippen LogP contribution >= 0.6 is 11.8 Å². The largest absolute Gasteiger partial charge is 0.392 e. The minimum Gasteiger partial charge on any atom is -0.392 e. The average molecular weight is 295 g/mol. The predicted molar refractivity (Wildman–Crippen MR) is 80.9 cm³/mol. The zero-order chi connectivity index (χ0) is 13.8. The quantitative estimate of drug-likeness (QED) is 0.848. The standard InChI is InChI=1S/C15H25N3OS/c19-13(10-12-6-3-4-7-12)11-20-15-17-16-14-8-2-1-5-9-18(14)15/h12-13,19H,1-11H2. The van der Waals surface area contributed by atoms with E-state index in [4.69, 9.17) is 0 Å². The molecule has 2 aliphatic rings. The zero-order valence-electron chi connectivity index (χ0n) is 12.1. The maximum atomic E-state index is 10.2. The van der Waals surface area contributed by atoms with Crippen molar-refractivity contribution in [3.63, 3.8) is 0 Å². The third kappa shape index (κ3) is 3.55. The lowest BCUT2D eigenvalue weighted by Crippen LogP contribution is -2.15. The molecule has 20 heavy (non-hydrogen) atoms. The fourth-order valence-electron chi connectivity index (χ4n) is 3.43. The molecular formula is C15H25N3OS. The van der Waals surface area contributed by atoms with Gasteiger partial charge in [0, 0.05) is 18.7 Å². The SMILES string of the molecule is OC(CSc1nnc2n1CCCCC2)CC1CCCC1. The third-order valence-electron chi connectivity index (χ3n) is 4.56. The molecule has 0 radical (unpaired) electrons. The summed E-state index contributed by atoms with van der Waals surface area (Å²) in [7, 11) is 0. The van der Waals surface area contributed by atoms with E-state index in [0.29, 0.717) is 0 Å². The molecule has 1 N–H and O–H groups in total. The summed E-state index contributed by atoms with van der Waals surface area (Å²) in [5, 5.41) is 19.8. The molecule has 1 fully saturated rings. The number of fused-ring (bicyclic) bond motifs is 1. The number of aryl methyl sites for hydroxylation is 1. The first-order chi connectivity index (χ1) is 9.83. The van der Waals surface area contributed by atoms with Crippen LogP contribution < -0.4 is 0 Å². The van der Waals surface area contributed by atoms with Gasteiger partial charge in [0.2, 0.25) is 0 Å². The number of hydrogen-bond acceptors (Lipinski definition) is 4. The van der Waals surface area contributed by atoms with E-state index >= 15 is 0 Å². The molecule has 1 saturated carbocycles. The lowest BCUT2D eigenvalue weighted by Gasteiger charge is -2.15. The van der Waals surface area contributed by atoms with Crippen LogP contribution in [-0.2, 0) is 13.0 Å². The molecular weight excluding hydrogens is 270 g/mol. The van der Waals surface area contributed by atoms with Crippen molar-refractivity contribution in [2.45, 2.75) is 75.6 Å². The van der Waals surface area contributed by atoms with Gasteiger partial charge in [-0.05, 0) is 25.2 Å². The van der Waals surface area contributed by atoms with Crippen LogP contribution in [0.25, 0.3) is 0 Å². The number of aromatic nitrogens is 3. The molecule has 1 aromatic heterocycles. The highest BCUT2D eigenvalue weighted by molar-refractivity contribution is 7.99. The second-order valence-corrected chi connectivity index (χ2v) is 7.20. The fraction of sp³-hybridized carbons (Fsp3) is 0.867. The normalized spacial score (nSPS) is 21.6. The molecule has 1 aliphatic carbocycles. The summed E-state index contributed by atoms with van der Waals surface area (Å²) >= 11 is 1.68. The molecule has 0 amide bonds. The minimum atomic E-state index is -0.193. The van der Waals surface area contributed by atoms with Gasteiger partial charge in [-0.1, -0.05) is 43.9 Å². The molecule has 3 rings (SSSR count). The second kappa shape index (κ2) is 6.94. The first kappa shape index (κ1) is 14.4. The highest BCUT2D eigenvalue weighted by Crippen LogP contribution is 2.30. The van der Waals surface area contributed by atoms with E-state index in [9.17, 15) is 5.11 Å². The van der Waals surface area contributed by atoms with Gasteiger partial charge in [-0.15, -0.1) is 10.2 Å². The Hall–Kier alpha value is -0.550. The van der Waals surface area contributed by atoms with Crippen molar-refractivity contribution in [3.05, 3.63) is 5.82 Å². The molecule has 0 spiro atoms. The van der Waals surface area contributed by atoms with Crippen LogP contribution in [0, 0.1) is 5.92 Å². The Balaban J connectivity index is 1.51. The Kier molecular flexibility index (Phi) is 4.99. The van der Waals surface area contributed by atoms with Crippen molar-refractivity contribution in [2.24, 2.45) is 5.92 Å². The summed E-state index contributed by atoms with van der Waals surface area (Å²) in [6.45, 7) is 1.05. The van der Waals surface area contributed by atoms with Crippen molar-refractivity contribution >= 4 is 11.8 Å². The van der Waals surface area contributed by atoms with Crippen LogP contribution in [0.5, 0.6) is 0 Å². The molecule has 1 aromatic rings. The predicted octanol–water partition coefficient (Wildman–Crippen LogP) is 3.04. The Bertz CT molecular complexity index is 429. The van der Waals surface area contributed by atoms with Crippen LogP contribution in [-0.4, -0.2) is 31.7 Å². The number of nitrogens with zero attached hydrogens (tertiary/aromatic N) is 3. The summed E-state index contributed by atoms with van der Waals surface area (Å²) in [6.07, 6.45) is 10.9. The molecule has 4 nitrogen and oxygen atoms in total. The van der Waals surface area contributed by atoms with Crippen LogP contribution in [0.15, 0.2) is 5.16 Å². The lowest BCUT2D eigenvalue weighted by molar-refractivity contribution is 0.165. The number of aliphatic hydroxyl groups excluding tert-OH is 1. The molecule has 1 atom stereocenters. The Morgan fingerprint density at radius 2 is 2.00 bits per heavy atom. The fourth-order valence-corrected chi connectivity index (χ4v) is 4.36. The lowest BCUT2D eigenvalue weighted by atomic mass is 10.0. The van der Waals surface area contributed by atoms with Crippen molar-refractivity contribution in [1.82, 2.24) is 14.8 Å². The third-order valence-corrected chi connectivity index (χ3v) is 5.67. The van der Waals surface area contributed by atoms with E-state index in [1.54, 1.807) is 11.8 Å². The first-order valence-electron chi connectivity index (χ1n) is 8.06. The van der Waals surface area contributed by atoms with Gasteiger partial charge < -0.3 is 9.67 Å². The molecule has 5 heteroatoms. The summed E-state index contributed by atoms with van der Waals surface area (Å²) in [6, 6.07) is 0. The molecule has 1 unspecified atom stereocenters. The van der Waals surface area contributed by atoms with Gasteiger partial charge in [-0.3, -0.25) is 0 Å². The van der Waals surface area contributed by atoms with Crippen LogP contribution in [0.1, 0.15) is 57.2 Å². The van der Waals surface area contributed by atoms with E-state index in [-0.39, 0.29) is 6.10 Å². The molecule has 1 aliphatic heterocycles.